The first-order valence-corrected chi connectivity index (χ1v) is 9.38. The van der Waals surface area contributed by atoms with Crippen LogP contribution in [0.3, 0.4) is 0 Å². The first-order chi connectivity index (χ1) is 11.8. The van der Waals surface area contributed by atoms with Crippen LogP contribution in [0.1, 0.15) is 31.1 Å². The summed E-state index contributed by atoms with van der Waals surface area (Å²) in [7, 11) is 0. The summed E-state index contributed by atoms with van der Waals surface area (Å²) >= 11 is 5.94. The average molecular weight is 366 g/mol. The summed E-state index contributed by atoms with van der Waals surface area (Å²) in [6, 6.07) is 7.78. The van der Waals surface area contributed by atoms with Crippen molar-refractivity contribution in [2.75, 3.05) is 39.3 Å². The molecule has 1 N–H and O–H groups in total. The molecule has 0 aromatic heterocycles. The molecule has 0 aliphatic carbocycles. The molecular formula is C19H28ClN3O2. The van der Waals surface area contributed by atoms with E-state index in [9.17, 15) is 9.90 Å². The number of nitrogens with zero attached hydrogens (tertiary/aromatic N) is 3. The fourth-order valence-electron chi connectivity index (χ4n) is 4.11. The van der Waals surface area contributed by atoms with E-state index in [0.29, 0.717) is 29.7 Å². The van der Waals surface area contributed by atoms with Gasteiger partial charge < -0.3 is 10.0 Å². The average Bonchev–Trinajstić information content (AvgIpc) is 2.61. The van der Waals surface area contributed by atoms with E-state index in [2.05, 4.69) is 30.6 Å². The van der Waals surface area contributed by atoms with E-state index in [0.717, 1.165) is 19.6 Å². The molecule has 25 heavy (non-hydrogen) atoms. The topological polar surface area (TPSA) is 47.0 Å². The van der Waals surface area contributed by atoms with Crippen molar-refractivity contribution in [2.45, 2.75) is 38.4 Å². The van der Waals surface area contributed by atoms with Crippen molar-refractivity contribution in [1.82, 2.24) is 14.7 Å². The molecule has 1 aromatic rings. The molecule has 0 radical (unpaired) electrons. The second-order valence-electron chi connectivity index (χ2n) is 7.78. The predicted molar refractivity (Wildman–Crippen MR) is 100 cm³/mol. The lowest BCUT2D eigenvalue weighted by Gasteiger charge is -2.56. The maximum atomic E-state index is 13.0. The number of carbonyl (C=O) groups is 1. The molecule has 0 bridgehead atoms. The van der Waals surface area contributed by atoms with Crippen LogP contribution in [0.25, 0.3) is 0 Å². The summed E-state index contributed by atoms with van der Waals surface area (Å²) in [5, 5.41) is 10.7. The van der Waals surface area contributed by atoms with Crippen molar-refractivity contribution in [3.8, 4) is 0 Å². The molecule has 5 nitrogen and oxygen atoms in total. The molecule has 0 saturated carbocycles. The molecule has 1 amide bonds. The molecule has 2 heterocycles. The van der Waals surface area contributed by atoms with Gasteiger partial charge in [0.25, 0.3) is 5.91 Å². The SMILES string of the molecule is CC(C)N1CCN2C(CN(C(=O)c3ccc(Cl)cc3)CC2(C)CO)C1. The Morgan fingerprint density at radius 2 is 1.96 bits per heavy atom. The van der Waals surface area contributed by atoms with Gasteiger partial charge in [0.2, 0.25) is 0 Å². The van der Waals surface area contributed by atoms with E-state index in [1.54, 1.807) is 24.3 Å². The van der Waals surface area contributed by atoms with Crippen molar-refractivity contribution in [2.24, 2.45) is 0 Å². The van der Waals surface area contributed by atoms with Crippen molar-refractivity contribution < 1.29 is 9.90 Å². The Morgan fingerprint density at radius 3 is 2.56 bits per heavy atom. The van der Waals surface area contributed by atoms with Gasteiger partial charge in [-0.15, -0.1) is 0 Å². The van der Waals surface area contributed by atoms with Crippen LogP contribution in [0.2, 0.25) is 5.02 Å². The van der Waals surface area contributed by atoms with Crippen molar-refractivity contribution >= 4 is 17.5 Å². The van der Waals surface area contributed by atoms with Crippen LogP contribution in [-0.4, -0.2) is 82.7 Å². The Morgan fingerprint density at radius 1 is 1.28 bits per heavy atom. The summed E-state index contributed by atoms with van der Waals surface area (Å²) in [5.74, 6) is 0.0117. The number of halogens is 1. The third kappa shape index (κ3) is 3.70. The fraction of sp³-hybridized carbons (Fsp3) is 0.632. The Bertz CT molecular complexity index is 622. The molecule has 2 aliphatic heterocycles. The van der Waals surface area contributed by atoms with E-state index in [-0.39, 0.29) is 18.6 Å². The number of amides is 1. The largest absolute Gasteiger partial charge is 0.394 e. The minimum Gasteiger partial charge on any atom is -0.394 e. The van der Waals surface area contributed by atoms with Crippen LogP contribution < -0.4 is 0 Å². The Kier molecular flexibility index (Phi) is 5.40. The number of piperazine rings is 2. The number of rotatable bonds is 3. The number of carbonyl (C=O) groups excluding carboxylic acids is 1. The normalized spacial score (nSPS) is 28.2. The van der Waals surface area contributed by atoms with Crippen LogP contribution in [0.5, 0.6) is 0 Å². The van der Waals surface area contributed by atoms with E-state index in [4.69, 9.17) is 11.6 Å². The number of hydrogen-bond donors (Lipinski definition) is 1. The van der Waals surface area contributed by atoms with Gasteiger partial charge in [-0.3, -0.25) is 14.6 Å². The molecule has 6 heteroatoms. The molecule has 3 rings (SSSR count). The highest BCUT2D eigenvalue weighted by Gasteiger charge is 2.46. The highest BCUT2D eigenvalue weighted by molar-refractivity contribution is 6.30. The van der Waals surface area contributed by atoms with E-state index in [1.807, 2.05) is 4.90 Å². The highest BCUT2D eigenvalue weighted by Crippen LogP contribution is 2.29. The van der Waals surface area contributed by atoms with Crippen LogP contribution in [-0.2, 0) is 0 Å². The molecule has 2 unspecified atom stereocenters. The summed E-state index contributed by atoms with van der Waals surface area (Å²) < 4.78 is 0. The zero-order chi connectivity index (χ0) is 18.2. The molecule has 2 saturated heterocycles. The van der Waals surface area contributed by atoms with E-state index in [1.165, 1.54) is 0 Å². The lowest BCUT2D eigenvalue weighted by Crippen LogP contribution is -2.72. The maximum absolute atomic E-state index is 13.0. The van der Waals surface area contributed by atoms with Crippen molar-refractivity contribution in [1.29, 1.82) is 0 Å². The van der Waals surface area contributed by atoms with Gasteiger partial charge in [0, 0.05) is 55.4 Å². The van der Waals surface area contributed by atoms with Gasteiger partial charge >= 0.3 is 0 Å². The number of aliphatic hydroxyl groups excluding tert-OH is 1. The second-order valence-corrected chi connectivity index (χ2v) is 8.22. The maximum Gasteiger partial charge on any atom is 0.253 e. The minimum atomic E-state index is -0.395. The monoisotopic (exact) mass is 365 g/mol. The van der Waals surface area contributed by atoms with Crippen molar-refractivity contribution in [3.63, 3.8) is 0 Å². The van der Waals surface area contributed by atoms with Gasteiger partial charge in [0.05, 0.1) is 12.1 Å². The van der Waals surface area contributed by atoms with Crippen LogP contribution in [0.15, 0.2) is 24.3 Å². The Balaban J connectivity index is 1.82. The second kappa shape index (κ2) is 7.23. The van der Waals surface area contributed by atoms with Crippen molar-refractivity contribution in [3.05, 3.63) is 34.9 Å². The molecule has 2 fully saturated rings. The third-order valence-electron chi connectivity index (χ3n) is 5.62. The molecule has 0 spiro atoms. The summed E-state index contributed by atoms with van der Waals surface area (Å²) in [5.41, 5.74) is 0.253. The standard InChI is InChI=1S/C19H28ClN3O2/c1-14(2)21-8-9-23-17(10-21)11-22(12-19(23,3)13-24)18(25)15-4-6-16(20)7-5-15/h4-7,14,17,24H,8-13H2,1-3H3. The summed E-state index contributed by atoms with van der Waals surface area (Å²) in [4.78, 5) is 19.7. The summed E-state index contributed by atoms with van der Waals surface area (Å²) in [6.45, 7) is 10.6. The quantitative estimate of drug-likeness (QED) is 0.889. The molecule has 2 atom stereocenters. The number of fused-ring (bicyclic) bond motifs is 1. The van der Waals surface area contributed by atoms with Crippen LogP contribution in [0.4, 0.5) is 0 Å². The zero-order valence-corrected chi connectivity index (χ0v) is 16.0. The lowest BCUT2D eigenvalue weighted by atomic mass is 9.91. The third-order valence-corrected chi connectivity index (χ3v) is 5.87. The first kappa shape index (κ1) is 18.6. The van der Waals surface area contributed by atoms with Gasteiger partial charge in [-0.25, -0.2) is 0 Å². The van der Waals surface area contributed by atoms with Gasteiger partial charge in [-0.05, 0) is 45.0 Å². The molecule has 138 valence electrons. The highest BCUT2D eigenvalue weighted by atomic mass is 35.5. The van der Waals surface area contributed by atoms with Gasteiger partial charge in [0.1, 0.15) is 0 Å². The number of hydrogen-bond acceptors (Lipinski definition) is 4. The van der Waals surface area contributed by atoms with Gasteiger partial charge in [0.15, 0.2) is 0 Å². The van der Waals surface area contributed by atoms with Gasteiger partial charge in [-0.2, -0.15) is 0 Å². The smallest absolute Gasteiger partial charge is 0.253 e. The predicted octanol–water partition coefficient (Wildman–Crippen LogP) is 1.94. The Hall–Kier alpha value is -1.14. The zero-order valence-electron chi connectivity index (χ0n) is 15.3. The molecule has 2 aliphatic rings. The number of aliphatic hydroxyl groups is 1. The Labute approximate surface area is 155 Å². The first-order valence-electron chi connectivity index (χ1n) is 9.00. The van der Waals surface area contributed by atoms with E-state index < -0.39 is 5.54 Å². The molecule has 1 aromatic carbocycles. The van der Waals surface area contributed by atoms with Gasteiger partial charge in [-0.1, -0.05) is 11.6 Å². The van der Waals surface area contributed by atoms with Crippen LogP contribution in [0, 0.1) is 0 Å². The summed E-state index contributed by atoms with van der Waals surface area (Å²) in [6.07, 6.45) is 0. The molecular weight excluding hydrogens is 338 g/mol. The fourth-order valence-corrected chi connectivity index (χ4v) is 4.23. The lowest BCUT2D eigenvalue weighted by molar-refractivity contribution is -0.0875. The van der Waals surface area contributed by atoms with E-state index >= 15 is 0 Å². The minimum absolute atomic E-state index is 0.0117. The van der Waals surface area contributed by atoms with Crippen LogP contribution >= 0.6 is 11.6 Å². The number of benzene rings is 1.